The first kappa shape index (κ1) is 14.7. The Bertz CT molecular complexity index is 413. The molecule has 0 saturated carbocycles. The molecule has 1 atom stereocenters. The summed E-state index contributed by atoms with van der Waals surface area (Å²) >= 11 is 0. The van der Waals surface area contributed by atoms with Gasteiger partial charge in [-0.05, 0) is 42.1 Å². The van der Waals surface area contributed by atoms with E-state index < -0.39 is 0 Å². The molecule has 0 bridgehead atoms. The van der Waals surface area contributed by atoms with Crippen LogP contribution in [0.4, 0.5) is 0 Å². The minimum Gasteiger partial charge on any atom is -0.458 e. The Hall–Kier alpha value is -1.38. The van der Waals surface area contributed by atoms with Crippen molar-refractivity contribution >= 4 is 11.8 Å². The molecule has 0 fully saturated rings. The molecule has 18 heavy (non-hydrogen) atoms. The second-order valence-electron chi connectivity index (χ2n) is 5.49. The fourth-order valence-corrected chi connectivity index (χ4v) is 2.43. The first-order valence-corrected chi connectivity index (χ1v) is 6.37. The summed E-state index contributed by atoms with van der Waals surface area (Å²) in [5.41, 5.74) is 1.89. The Labute approximate surface area is 109 Å². The van der Waals surface area contributed by atoms with E-state index in [2.05, 4.69) is 0 Å². The number of hydrogen-bond donors (Lipinski definition) is 0. The highest BCUT2D eigenvalue weighted by molar-refractivity contribution is 5.93. The van der Waals surface area contributed by atoms with E-state index >= 15 is 0 Å². The largest absolute Gasteiger partial charge is 0.458 e. The highest BCUT2D eigenvalue weighted by Gasteiger charge is 2.31. The molecule has 1 aliphatic rings. The lowest BCUT2D eigenvalue weighted by atomic mass is 9.72. The maximum absolute atomic E-state index is 11.6. The first-order valence-electron chi connectivity index (χ1n) is 6.37. The highest BCUT2D eigenvalue weighted by atomic mass is 16.5. The van der Waals surface area contributed by atoms with Crippen LogP contribution in [0.3, 0.4) is 0 Å². The number of ketones is 1. The lowest BCUT2D eigenvalue weighted by molar-refractivity contribution is -0.144. The summed E-state index contributed by atoms with van der Waals surface area (Å²) in [5.74, 6) is -0.111. The number of rotatable bonds is 3. The maximum atomic E-state index is 11.6. The van der Waals surface area contributed by atoms with Crippen LogP contribution in [-0.4, -0.2) is 17.9 Å². The van der Waals surface area contributed by atoms with Crippen molar-refractivity contribution in [3.8, 4) is 0 Å². The number of hydrogen-bond acceptors (Lipinski definition) is 3. The predicted octanol–water partition coefficient (Wildman–Crippen LogP) is 3.20. The van der Waals surface area contributed by atoms with Crippen LogP contribution in [0.1, 0.15) is 47.5 Å². The number of esters is 1. The van der Waals surface area contributed by atoms with E-state index in [1.165, 1.54) is 6.92 Å². The minimum atomic E-state index is -0.273. The molecule has 3 heteroatoms. The third kappa shape index (κ3) is 3.56. The molecule has 0 aliphatic heterocycles. The van der Waals surface area contributed by atoms with Crippen molar-refractivity contribution in [3.05, 3.63) is 23.3 Å². The number of ether oxygens (including phenoxy) is 1. The van der Waals surface area contributed by atoms with Crippen LogP contribution in [0.25, 0.3) is 0 Å². The molecule has 0 aromatic heterocycles. The molecule has 0 aromatic carbocycles. The van der Waals surface area contributed by atoms with E-state index in [-0.39, 0.29) is 23.3 Å². The van der Waals surface area contributed by atoms with Gasteiger partial charge in [-0.25, -0.2) is 0 Å². The van der Waals surface area contributed by atoms with E-state index in [1.54, 1.807) is 6.08 Å². The van der Waals surface area contributed by atoms with Crippen LogP contribution in [0.2, 0.25) is 0 Å². The lowest BCUT2D eigenvalue weighted by Crippen LogP contribution is -2.26. The van der Waals surface area contributed by atoms with Gasteiger partial charge < -0.3 is 4.74 Å². The molecular weight excluding hydrogens is 228 g/mol. The van der Waals surface area contributed by atoms with E-state index in [0.29, 0.717) is 6.42 Å². The highest BCUT2D eigenvalue weighted by Crippen LogP contribution is 2.39. The van der Waals surface area contributed by atoms with Crippen molar-refractivity contribution in [2.75, 3.05) is 0 Å². The molecule has 0 spiro atoms. The van der Waals surface area contributed by atoms with E-state index in [1.807, 2.05) is 33.8 Å². The summed E-state index contributed by atoms with van der Waals surface area (Å²) in [5, 5.41) is 0. The van der Waals surface area contributed by atoms with Gasteiger partial charge in [0.15, 0.2) is 5.78 Å². The molecule has 0 N–H and O–H groups in total. The Balaban J connectivity index is 3.07. The van der Waals surface area contributed by atoms with Crippen LogP contribution >= 0.6 is 0 Å². The Morgan fingerprint density at radius 1 is 1.56 bits per heavy atom. The number of carbonyl (C=O) groups excluding carboxylic acids is 2. The average Bonchev–Trinajstić information content (AvgIpc) is 2.19. The zero-order chi connectivity index (χ0) is 13.9. The summed E-state index contributed by atoms with van der Waals surface area (Å²) in [6.07, 6.45) is 4.69. The summed E-state index contributed by atoms with van der Waals surface area (Å²) in [7, 11) is 0. The molecule has 1 aliphatic carbocycles. The zero-order valence-corrected chi connectivity index (χ0v) is 11.9. The van der Waals surface area contributed by atoms with Crippen LogP contribution in [0.5, 0.6) is 0 Å². The third-order valence-corrected chi connectivity index (χ3v) is 3.22. The topological polar surface area (TPSA) is 43.4 Å². The van der Waals surface area contributed by atoms with Gasteiger partial charge in [-0.2, -0.15) is 0 Å². The van der Waals surface area contributed by atoms with E-state index in [9.17, 15) is 9.59 Å². The maximum Gasteiger partial charge on any atom is 0.303 e. The van der Waals surface area contributed by atoms with Crippen molar-refractivity contribution in [1.29, 1.82) is 0 Å². The summed E-state index contributed by atoms with van der Waals surface area (Å²) < 4.78 is 5.24. The predicted molar refractivity (Wildman–Crippen MR) is 71.1 cm³/mol. The third-order valence-electron chi connectivity index (χ3n) is 3.22. The molecule has 0 amide bonds. The van der Waals surface area contributed by atoms with Crippen molar-refractivity contribution in [3.63, 3.8) is 0 Å². The van der Waals surface area contributed by atoms with Crippen molar-refractivity contribution in [2.24, 2.45) is 5.41 Å². The summed E-state index contributed by atoms with van der Waals surface area (Å²) in [6, 6.07) is 0. The average molecular weight is 250 g/mol. The van der Waals surface area contributed by atoms with Gasteiger partial charge in [-0.1, -0.05) is 20.8 Å². The van der Waals surface area contributed by atoms with Gasteiger partial charge in [-0.15, -0.1) is 0 Å². The minimum absolute atomic E-state index is 0.162. The first-order chi connectivity index (χ1) is 8.26. The van der Waals surface area contributed by atoms with Crippen LogP contribution in [-0.2, 0) is 14.3 Å². The molecule has 3 nitrogen and oxygen atoms in total. The smallest absolute Gasteiger partial charge is 0.303 e. The fraction of sp³-hybridized carbons (Fsp3) is 0.600. The van der Waals surface area contributed by atoms with Gasteiger partial charge >= 0.3 is 5.97 Å². The van der Waals surface area contributed by atoms with Gasteiger partial charge in [-0.3, -0.25) is 9.59 Å². The van der Waals surface area contributed by atoms with Gasteiger partial charge in [0, 0.05) is 13.3 Å². The molecule has 1 rings (SSSR count). The van der Waals surface area contributed by atoms with E-state index in [4.69, 9.17) is 4.74 Å². The van der Waals surface area contributed by atoms with Crippen LogP contribution in [0, 0.1) is 5.41 Å². The van der Waals surface area contributed by atoms with Gasteiger partial charge in [0.1, 0.15) is 6.10 Å². The van der Waals surface area contributed by atoms with Crippen LogP contribution < -0.4 is 0 Å². The monoisotopic (exact) mass is 250 g/mol. The standard InChI is InChI=1S/C15H22O3/c1-6-13(18-11(3)16)8-14-10(2)7-12(17)9-15(14,4)5/h7-8,13H,6,9H2,1-5H3/b14-8-. The molecule has 1 unspecified atom stereocenters. The van der Waals surface area contributed by atoms with Gasteiger partial charge in [0.2, 0.25) is 0 Å². The van der Waals surface area contributed by atoms with Crippen molar-refractivity contribution in [1.82, 2.24) is 0 Å². The Morgan fingerprint density at radius 3 is 2.61 bits per heavy atom. The molecule has 0 aromatic rings. The molecular formula is C15H22O3. The van der Waals surface area contributed by atoms with Gasteiger partial charge in [0.25, 0.3) is 0 Å². The number of allylic oxidation sites excluding steroid dienone is 3. The van der Waals surface area contributed by atoms with Crippen molar-refractivity contribution in [2.45, 2.75) is 53.6 Å². The lowest BCUT2D eigenvalue weighted by Gasteiger charge is -2.32. The molecule has 100 valence electrons. The second-order valence-corrected chi connectivity index (χ2v) is 5.49. The quantitative estimate of drug-likeness (QED) is 0.722. The SMILES string of the molecule is CCC(/C=C1/C(C)=CC(=O)CC1(C)C)OC(C)=O. The molecule has 0 saturated heterocycles. The molecule has 0 radical (unpaired) electrons. The normalized spacial score (nSPS) is 22.6. The number of carbonyl (C=O) groups is 2. The second kappa shape index (κ2) is 5.51. The Morgan fingerprint density at radius 2 is 2.17 bits per heavy atom. The summed E-state index contributed by atoms with van der Waals surface area (Å²) in [4.78, 5) is 22.6. The van der Waals surface area contributed by atoms with Crippen molar-refractivity contribution < 1.29 is 14.3 Å². The fourth-order valence-electron chi connectivity index (χ4n) is 2.43. The Kier molecular flexibility index (Phi) is 4.49. The molecule has 0 heterocycles. The van der Waals surface area contributed by atoms with Gasteiger partial charge in [0.05, 0.1) is 0 Å². The zero-order valence-electron chi connectivity index (χ0n) is 11.9. The van der Waals surface area contributed by atoms with E-state index in [0.717, 1.165) is 17.6 Å². The summed E-state index contributed by atoms with van der Waals surface area (Å²) in [6.45, 7) is 9.43. The van der Waals surface area contributed by atoms with Crippen LogP contribution in [0.15, 0.2) is 23.3 Å².